The Hall–Kier alpha value is -4.59. The highest BCUT2D eigenvalue weighted by molar-refractivity contribution is 6.37. The summed E-state index contributed by atoms with van der Waals surface area (Å²) >= 11 is 0. The predicted octanol–water partition coefficient (Wildman–Crippen LogP) is 7.55. The van der Waals surface area contributed by atoms with Crippen LogP contribution >= 0.6 is 0 Å². The molecule has 3 aromatic carbocycles. The van der Waals surface area contributed by atoms with Crippen LogP contribution in [0.15, 0.2) is 72.8 Å². The van der Waals surface area contributed by atoms with Gasteiger partial charge >= 0.3 is 12.1 Å². The van der Waals surface area contributed by atoms with Crippen molar-refractivity contribution in [2.45, 2.75) is 65.5 Å². The van der Waals surface area contributed by atoms with Crippen molar-refractivity contribution in [1.82, 2.24) is 5.32 Å². The van der Waals surface area contributed by atoms with Gasteiger partial charge in [-0.2, -0.15) is 0 Å². The maximum Gasteiger partial charge on any atom is 0.408 e. The molecule has 0 saturated carbocycles. The van der Waals surface area contributed by atoms with Gasteiger partial charge in [-0.05, 0) is 69.5 Å². The molecule has 2 amide bonds. The molecule has 0 saturated heterocycles. The zero-order valence-corrected chi connectivity index (χ0v) is 24.9. The summed E-state index contributed by atoms with van der Waals surface area (Å²) in [5, 5.41) is 9.38. The Morgan fingerprint density at radius 1 is 0.929 bits per heavy atom. The van der Waals surface area contributed by atoms with E-state index in [9.17, 15) is 14.4 Å². The normalized spacial score (nSPS) is 14.4. The van der Waals surface area contributed by atoms with Gasteiger partial charge in [0.1, 0.15) is 5.60 Å². The first-order valence-corrected chi connectivity index (χ1v) is 14.4. The van der Waals surface area contributed by atoms with Gasteiger partial charge in [0.2, 0.25) is 0 Å². The van der Waals surface area contributed by atoms with E-state index in [2.05, 4.69) is 22.9 Å². The van der Waals surface area contributed by atoms with Crippen molar-refractivity contribution in [3.05, 3.63) is 95.1 Å². The maximum atomic E-state index is 13.3. The van der Waals surface area contributed by atoms with Gasteiger partial charge in [-0.1, -0.05) is 68.3 Å². The van der Waals surface area contributed by atoms with E-state index in [0.717, 1.165) is 36.1 Å². The first-order valence-electron chi connectivity index (χ1n) is 14.4. The summed E-state index contributed by atoms with van der Waals surface area (Å²) in [4.78, 5) is 38.1. The van der Waals surface area contributed by atoms with Crippen LogP contribution in [0.25, 0.3) is 11.3 Å². The maximum absolute atomic E-state index is 13.3. The van der Waals surface area contributed by atoms with Crippen molar-refractivity contribution in [2.75, 3.05) is 17.2 Å². The number of nitrogens with one attached hydrogen (secondary N) is 3. The first kappa shape index (κ1) is 30.4. The Labute approximate surface area is 247 Å². The van der Waals surface area contributed by atoms with Crippen molar-refractivity contribution >= 4 is 40.6 Å². The van der Waals surface area contributed by atoms with Crippen LogP contribution in [0.2, 0.25) is 0 Å². The summed E-state index contributed by atoms with van der Waals surface area (Å²) in [5.74, 6) is -0.706. The standard InChI is InChI=1S/C34H39N3O5/c1-6-8-14-27(37-33(40)42-34(3,4)5)22-15-18-25(19-16-22)35-30(23-12-10-9-11-13-23)29-26-20-17-24(32(39)41-7-2)21-28(26)36-31(29)38/h9-13,15-21,27,35H,6-8,14H2,1-5H3,(H,36,38)(H,37,40)/b30-29+. The number of alkyl carbamates (subject to hydrolysis) is 1. The van der Waals surface area contributed by atoms with Crippen molar-refractivity contribution < 1.29 is 23.9 Å². The van der Waals surface area contributed by atoms with E-state index in [1.54, 1.807) is 25.1 Å². The van der Waals surface area contributed by atoms with Gasteiger partial charge in [0, 0.05) is 11.3 Å². The molecule has 4 rings (SSSR count). The quantitative estimate of drug-likeness (QED) is 0.172. The number of amides is 2. The van der Waals surface area contributed by atoms with Crippen LogP contribution in [0.3, 0.4) is 0 Å². The zero-order valence-electron chi connectivity index (χ0n) is 24.9. The Balaban J connectivity index is 1.66. The number of benzene rings is 3. The molecule has 3 aromatic rings. The number of hydrogen-bond acceptors (Lipinski definition) is 6. The molecule has 220 valence electrons. The van der Waals surface area contributed by atoms with E-state index >= 15 is 0 Å². The number of ether oxygens (including phenoxy) is 2. The minimum absolute atomic E-state index is 0.193. The molecule has 0 aromatic heterocycles. The molecule has 1 aliphatic rings. The molecule has 8 nitrogen and oxygen atoms in total. The Kier molecular flexibility index (Phi) is 9.68. The summed E-state index contributed by atoms with van der Waals surface area (Å²) in [6.07, 6.45) is 2.30. The lowest BCUT2D eigenvalue weighted by Crippen LogP contribution is -2.35. The SMILES string of the molecule is CCCCC(NC(=O)OC(C)(C)C)c1ccc(N/C(=C2/C(=O)Nc3cc(C(=O)OCC)ccc32)c2ccccc2)cc1. The lowest BCUT2D eigenvalue weighted by Gasteiger charge is -2.24. The monoisotopic (exact) mass is 569 g/mol. The fourth-order valence-electron chi connectivity index (χ4n) is 4.77. The van der Waals surface area contributed by atoms with Gasteiger partial charge < -0.3 is 25.4 Å². The van der Waals surface area contributed by atoms with Crippen molar-refractivity contribution in [2.24, 2.45) is 0 Å². The van der Waals surface area contributed by atoms with Crippen LogP contribution < -0.4 is 16.0 Å². The number of fused-ring (bicyclic) bond motifs is 1. The second kappa shape index (κ2) is 13.4. The van der Waals surface area contributed by atoms with Gasteiger partial charge in [-0.25, -0.2) is 9.59 Å². The number of carbonyl (C=O) groups excluding carboxylic acids is 3. The molecule has 0 spiro atoms. The summed E-state index contributed by atoms with van der Waals surface area (Å²) in [5.41, 5.74) is 4.72. The summed E-state index contributed by atoms with van der Waals surface area (Å²) in [6, 6.07) is 22.3. The average Bonchev–Trinajstić information content (AvgIpc) is 3.28. The Morgan fingerprint density at radius 2 is 1.64 bits per heavy atom. The summed E-state index contributed by atoms with van der Waals surface area (Å²) in [6.45, 7) is 9.66. The van der Waals surface area contributed by atoms with E-state index in [4.69, 9.17) is 9.47 Å². The van der Waals surface area contributed by atoms with Crippen LogP contribution in [0, 0.1) is 0 Å². The highest BCUT2D eigenvalue weighted by Crippen LogP contribution is 2.38. The summed E-state index contributed by atoms with van der Waals surface area (Å²) < 4.78 is 10.6. The molecule has 3 N–H and O–H groups in total. The van der Waals surface area contributed by atoms with Gasteiger partial charge in [-0.15, -0.1) is 0 Å². The highest BCUT2D eigenvalue weighted by Gasteiger charge is 2.29. The van der Waals surface area contributed by atoms with Gasteiger partial charge in [-0.3, -0.25) is 4.79 Å². The molecule has 0 bridgehead atoms. The topological polar surface area (TPSA) is 106 Å². The molecule has 8 heteroatoms. The molecule has 1 atom stereocenters. The van der Waals surface area contributed by atoms with Gasteiger partial charge in [0.15, 0.2) is 0 Å². The molecule has 42 heavy (non-hydrogen) atoms. The molecule has 0 radical (unpaired) electrons. The lowest BCUT2D eigenvalue weighted by atomic mass is 9.98. The highest BCUT2D eigenvalue weighted by atomic mass is 16.6. The second-order valence-electron chi connectivity index (χ2n) is 11.1. The number of rotatable bonds is 10. The molecule has 1 unspecified atom stereocenters. The fraction of sp³-hybridized carbons (Fsp3) is 0.324. The zero-order chi connectivity index (χ0) is 30.3. The minimum atomic E-state index is -0.583. The number of anilines is 2. The molecule has 0 fully saturated rings. The van der Waals surface area contributed by atoms with Crippen molar-refractivity contribution in [1.29, 1.82) is 0 Å². The van der Waals surface area contributed by atoms with Crippen LogP contribution in [0.1, 0.15) is 87.0 Å². The Morgan fingerprint density at radius 3 is 2.29 bits per heavy atom. The van der Waals surface area contributed by atoms with E-state index in [1.165, 1.54) is 0 Å². The molecule has 0 aliphatic carbocycles. The number of hydrogen-bond donors (Lipinski definition) is 3. The third kappa shape index (κ3) is 7.57. The van der Waals surface area contributed by atoms with Gasteiger partial charge in [0.05, 0.1) is 35.2 Å². The van der Waals surface area contributed by atoms with Crippen LogP contribution in [0.5, 0.6) is 0 Å². The average molecular weight is 570 g/mol. The van der Waals surface area contributed by atoms with Gasteiger partial charge in [0.25, 0.3) is 5.91 Å². The van der Waals surface area contributed by atoms with Crippen LogP contribution in [-0.2, 0) is 14.3 Å². The van der Waals surface area contributed by atoms with Crippen LogP contribution in [0.4, 0.5) is 16.2 Å². The smallest absolute Gasteiger partial charge is 0.408 e. The molecule has 1 heterocycles. The van der Waals surface area contributed by atoms with E-state index in [-0.39, 0.29) is 18.6 Å². The van der Waals surface area contributed by atoms with E-state index in [1.807, 2.05) is 75.4 Å². The Bertz CT molecular complexity index is 1460. The largest absolute Gasteiger partial charge is 0.462 e. The minimum Gasteiger partial charge on any atom is -0.462 e. The number of carbonyl (C=O) groups is 3. The van der Waals surface area contributed by atoms with E-state index in [0.29, 0.717) is 28.1 Å². The van der Waals surface area contributed by atoms with Crippen molar-refractivity contribution in [3.63, 3.8) is 0 Å². The number of unbranched alkanes of at least 4 members (excludes halogenated alkanes) is 1. The first-order chi connectivity index (χ1) is 20.1. The van der Waals surface area contributed by atoms with Crippen molar-refractivity contribution in [3.8, 4) is 0 Å². The summed E-state index contributed by atoms with van der Waals surface area (Å²) in [7, 11) is 0. The molecule has 1 aliphatic heterocycles. The third-order valence-electron chi connectivity index (χ3n) is 6.71. The molecular weight excluding hydrogens is 530 g/mol. The third-order valence-corrected chi connectivity index (χ3v) is 6.71. The number of esters is 1. The fourth-order valence-corrected chi connectivity index (χ4v) is 4.77. The second-order valence-corrected chi connectivity index (χ2v) is 11.1. The van der Waals surface area contributed by atoms with E-state index < -0.39 is 17.7 Å². The van der Waals surface area contributed by atoms with Crippen LogP contribution in [-0.4, -0.2) is 30.2 Å². The predicted molar refractivity (Wildman–Crippen MR) is 166 cm³/mol. The lowest BCUT2D eigenvalue weighted by molar-refractivity contribution is -0.110. The molecular formula is C34H39N3O5.